The van der Waals surface area contributed by atoms with E-state index in [1.807, 2.05) is 0 Å². The summed E-state index contributed by atoms with van der Waals surface area (Å²) in [5.41, 5.74) is 10.3. The number of benzene rings is 3. The van der Waals surface area contributed by atoms with Crippen LogP contribution in [0.5, 0.6) is 0 Å². The first-order valence-electron chi connectivity index (χ1n) is 11.0. The first kappa shape index (κ1) is 27.1. The Bertz CT molecular complexity index is 1290. The van der Waals surface area contributed by atoms with Gasteiger partial charge in [-0.25, -0.2) is 29.0 Å². The lowest BCUT2D eigenvalue weighted by Crippen LogP contribution is -2.47. The molecule has 0 aliphatic rings. The molecule has 12 nitrogen and oxygen atoms in total. The van der Waals surface area contributed by atoms with Crippen molar-refractivity contribution in [3.05, 3.63) is 107 Å². The molecule has 6 amide bonds. The number of aliphatic carboxylic acids is 2. The first-order valence-corrected chi connectivity index (χ1v) is 11.0. The average molecular weight is 518 g/mol. The summed E-state index contributed by atoms with van der Waals surface area (Å²) in [6, 6.07) is 13.1. The Morgan fingerprint density at radius 3 is 1.18 bits per heavy atom. The number of imide groups is 2. The number of nitrogens with two attached hydrogens (primary N) is 2. The molecule has 0 heterocycles. The van der Waals surface area contributed by atoms with Crippen molar-refractivity contribution in [1.82, 2.24) is 9.80 Å². The molecule has 3 rings (SSSR count). The number of hydrogen-bond donors (Lipinski definition) is 4. The van der Waals surface area contributed by atoms with Gasteiger partial charge >= 0.3 is 24.0 Å². The molecule has 6 N–H and O–H groups in total. The predicted molar refractivity (Wildman–Crippen MR) is 132 cm³/mol. The molecular weight excluding hydrogens is 496 g/mol. The van der Waals surface area contributed by atoms with E-state index in [1.54, 1.807) is 12.1 Å². The fourth-order valence-corrected chi connectivity index (χ4v) is 3.83. The van der Waals surface area contributed by atoms with E-state index in [0.29, 0.717) is 9.80 Å². The number of primary amides is 2. The minimum absolute atomic E-state index is 0.0893. The Labute approximate surface area is 215 Å². The molecule has 2 atom stereocenters. The molecule has 0 saturated heterocycles. The van der Waals surface area contributed by atoms with Crippen molar-refractivity contribution in [2.24, 2.45) is 11.5 Å². The highest BCUT2D eigenvalue weighted by molar-refractivity contribution is 6.10. The topological polar surface area (TPSA) is 201 Å². The molecule has 194 valence electrons. The van der Waals surface area contributed by atoms with E-state index >= 15 is 0 Å². The fourth-order valence-electron chi connectivity index (χ4n) is 3.83. The van der Waals surface area contributed by atoms with Crippen LogP contribution in [0.25, 0.3) is 0 Å². The summed E-state index contributed by atoms with van der Waals surface area (Å²) in [6.07, 6.45) is 0. The number of hydrogen-bond acceptors (Lipinski definition) is 6. The third-order valence-corrected chi connectivity index (χ3v) is 5.48. The Kier molecular flexibility index (Phi) is 8.18. The first-order chi connectivity index (χ1) is 18.0. The third-order valence-electron chi connectivity index (χ3n) is 5.48. The average Bonchev–Trinajstić information content (AvgIpc) is 2.89. The van der Waals surface area contributed by atoms with E-state index in [-0.39, 0.29) is 22.3 Å². The van der Waals surface area contributed by atoms with Gasteiger partial charge in [-0.1, -0.05) is 66.7 Å². The van der Waals surface area contributed by atoms with E-state index in [9.17, 15) is 39.0 Å². The number of urea groups is 2. The van der Waals surface area contributed by atoms with Crippen LogP contribution in [0.15, 0.2) is 84.9 Å². The Balaban J connectivity index is 2.04. The molecule has 38 heavy (non-hydrogen) atoms. The van der Waals surface area contributed by atoms with Gasteiger partial charge in [0.05, 0.1) is 0 Å². The van der Waals surface area contributed by atoms with Gasteiger partial charge in [-0.3, -0.25) is 9.59 Å². The van der Waals surface area contributed by atoms with Crippen LogP contribution in [0.1, 0.15) is 43.9 Å². The molecule has 0 spiro atoms. The maximum atomic E-state index is 13.3. The highest BCUT2D eigenvalue weighted by Crippen LogP contribution is 2.26. The summed E-state index contributed by atoms with van der Waals surface area (Å²) < 4.78 is 0. The largest absolute Gasteiger partial charge is 0.479 e. The number of carbonyl (C=O) groups is 6. The molecule has 0 aliphatic heterocycles. The maximum absolute atomic E-state index is 13.3. The van der Waals surface area contributed by atoms with Crippen LogP contribution >= 0.6 is 0 Å². The van der Waals surface area contributed by atoms with Crippen molar-refractivity contribution in [3.8, 4) is 0 Å². The van der Waals surface area contributed by atoms with Gasteiger partial charge in [0.2, 0.25) is 0 Å². The van der Waals surface area contributed by atoms with E-state index < -0.39 is 47.9 Å². The molecule has 2 unspecified atom stereocenters. The second-order valence-electron chi connectivity index (χ2n) is 7.91. The van der Waals surface area contributed by atoms with Gasteiger partial charge in [-0.2, -0.15) is 0 Å². The monoisotopic (exact) mass is 518 g/mol. The molecule has 12 heteroatoms. The van der Waals surface area contributed by atoms with Gasteiger partial charge in [0, 0.05) is 11.1 Å². The summed E-state index contributed by atoms with van der Waals surface area (Å²) in [7, 11) is 0. The van der Waals surface area contributed by atoms with Crippen molar-refractivity contribution < 1.29 is 39.0 Å². The summed E-state index contributed by atoms with van der Waals surface area (Å²) >= 11 is 0. The fraction of sp³-hybridized carbons (Fsp3) is 0.0769. The zero-order chi connectivity index (χ0) is 28.0. The van der Waals surface area contributed by atoms with Crippen LogP contribution in [-0.4, -0.2) is 55.8 Å². The van der Waals surface area contributed by atoms with Gasteiger partial charge in [0.15, 0.2) is 12.1 Å². The lowest BCUT2D eigenvalue weighted by Gasteiger charge is -2.27. The predicted octanol–water partition coefficient (Wildman–Crippen LogP) is 2.38. The summed E-state index contributed by atoms with van der Waals surface area (Å²) in [5, 5.41) is 19.5. The third kappa shape index (κ3) is 5.65. The van der Waals surface area contributed by atoms with E-state index in [4.69, 9.17) is 11.5 Å². The zero-order valence-electron chi connectivity index (χ0n) is 19.6. The minimum atomic E-state index is -1.78. The quantitative estimate of drug-likeness (QED) is 0.348. The molecular formula is C26H22N4O8. The second-order valence-corrected chi connectivity index (χ2v) is 7.91. The molecule has 0 aromatic heterocycles. The van der Waals surface area contributed by atoms with Crippen LogP contribution in [0, 0.1) is 0 Å². The van der Waals surface area contributed by atoms with Gasteiger partial charge in [-0.15, -0.1) is 0 Å². The van der Waals surface area contributed by atoms with Crippen LogP contribution in [0.2, 0.25) is 0 Å². The SMILES string of the molecule is NC(=O)N(C(=O)c1cccc(C(=O)N(C(N)=O)C(C(=O)O)c2ccccc2)c1)C(C(=O)O)c1ccccc1. The second kappa shape index (κ2) is 11.5. The summed E-state index contributed by atoms with van der Waals surface area (Å²) in [5.74, 6) is -5.37. The van der Waals surface area contributed by atoms with Crippen LogP contribution in [0.4, 0.5) is 9.59 Å². The lowest BCUT2D eigenvalue weighted by molar-refractivity contribution is -0.142. The Morgan fingerprint density at radius 2 is 0.895 bits per heavy atom. The number of rotatable bonds is 8. The van der Waals surface area contributed by atoms with Crippen molar-refractivity contribution in [2.75, 3.05) is 0 Å². The van der Waals surface area contributed by atoms with E-state index in [1.165, 1.54) is 66.7 Å². The molecule has 3 aromatic carbocycles. The maximum Gasteiger partial charge on any atom is 0.331 e. The van der Waals surface area contributed by atoms with E-state index in [2.05, 4.69) is 0 Å². The van der Waals surface area contributed by atoms with Crippen molar-refractivity contribution in [3.63, 3.8) is 0 Å². The molecule has 0 saturated carbocycles. The number of amides is 6. The summed E-state index contributed by atoms with van der Waals surface area (Å²) in [4.78, 5) is 75.7. The zero-order valence-corrected chi connectivity index (χ0v) is 19.6. The number of carboxylic acid groups (broad SMARTS) is 2. The molecule has 0 radical (unpaired) electrons. The number of nitrogens with zero attached hydrogens (tertiary/aromatic N) is 2. The van der Waals surface area contributed by atoms with Crippen LogP contribution in [-0.2, 0) is 9.59 Å². The molecule has 0 aliphatic carbocycles. The van der Waals surface area contributed by atoms with Crippen molar-refractivity contribution in [1.29, 1.82) is 0 Å². The Hall–Kier alpha value is -5.52. The highest BCUT2D eigenvalue weighted by atomic mass is 16.4. The van der Waals surface area contributed by atoms with Gasteiger partial charge in [-0.05, 0) is 29.3 Å². The highest BCUT2D eigenvalue weighted by Gasteiger charge is 2.38. The van der Waals surface area contributed by atoms with E-state index in [0.717, 1.165) is 6.07 Å². The number of carbonyl (C=O) groups excluding carboxylic acids is 4. The van der Waals surface area contributed by atoms with Crippen molar-refractivity contribution >= 4 is 35.8 Å². The number of carboxylic acids is 2. The lowest BCUT2D eigenvalue weighted by atomic mass is 10.0. The van der Waals surface area contributed by atoms with Gasteiger partial charge in [0.25, 0.3) is 11.8 Å². The van der Waals surface area contributed by atoms with Crippen LogP contribution in [0.3, 0.4) is 0 Å². The normalized spacial score (nSPS) is 12.0. The van der Waals surface area contributed by atoms with Crippen LogP contribution < -0.4 is 11.5 Å². The smallest absolute Gasteiger partial charge is 0.331 e. The summed E-state index contributed by atoms with van der Waals surface area (Å²) in [6.45, 7) is 0. The minimum Gasteiger partial charge on any atom is -0.479 e. The molecule has 0 fully saturated rings. The van der Waals surface area contributed by atoms with Crippen molar-refractivity contribution in [2.45, 2.75) is 12.1 Å². The van der Waals surface area contributed by atoms with Gasteiger partial charge in [0.1, 0.15) is 0 Å². The Morgan fingerprint density at radius 1 is 0.553 bits per heavy atom. The molecule has 0 bridgehead atoms. The standard InChI is InChI=1S/C26H22N4O8/c27-25(37)29(19(23(33)34)15-8-3-1-4-9-15)21(31)17-12-7-13-18(14-17)22(32)30(26(28)38)20(24(35)36)16-10-5-2-6-11-16/h1-14,19-20H,(H2,27,37)(H2,28,38)(H,33,34)(H,35,36). The molecule has 3 aromatic rings. The van der Waals surface area contributed by atoms with Gasteiger partial charge < -0.3 is 21.7 Å².